The van der Waals surface area contributed by atoms with Gasteiger partial charge in [-0.15, -0.1) is 0 Å². The Morgan fingerprint density at radius 3 is 3.00 bits per heavy atom. The molecule has 0 bridgehead atoms. The number of hydrogen-bond donors (Lipinski definition) is 3. The number of nitrogens with one attached hydrogen (secondary N) is 2. The summed E-state index contributed by atoms with van der Waals surface area (Å²) >= 11 is 0. The highest BCUT2D eigenvalue weighted by Gasteiger charge is 2.43. The van der Waals surface area contributed by atoms with Crippen LogP contribution >= 0.6 is 7.26 Å². The summed E-state index contributed by atoms with van der Waals surface area (Å²) < 4.78 is 11.7. The molecule has 1 saturated heterocycles. The van der Waals surface area contributed by atoms with E-state index < -0.39 is 7.26 Å². The van der Waals surface area contributed by atoms with Crippen molar-refractivity contribution in [2.24, 2.45) is 0 Å². The first-order valence-corrected chi connectivity index (χ1v) is 14.8. The number of pyridine rings is 1. The van der Waals surface area contributed by atoms with Crippen molar-refractivity contribution in [1.29, 1.82) is 5.26 Å². The predicted molar refractivity (Wildman–Crippen MR) is 145 cm³/mol. The SMILES string of the molecule is Cc1cnc(OCC2COCCN2C)c(Nc2nccc(-c3cc(C#N)c4c(c3)[P+](C)(CO)CN4)n2)c1. The molecule has 0 amide bonds. The number of aliphatic hydroxyl groups is 1. The molecule has 3 aromatic rings. The van der Waals surface area contributed by atoms with E-state index in [1.807, 2.05) is 31.2 Å². The van der Waals surface area contributed by atoms with Crippen molar-refractivity contribution >= 4 is 29.9 Å². The first-order valence-electron chi connectivity index (χ1n) is 12.2. The van der Waals surface area contributed by atoms with Gasteiger partial charge in [-0.3, -0.25) is 4.90 Å². The van der Waals surface area contributed by atoms with Gasteiger partial charge in [0.05, 0.1) is 50.1 Å². The topological polar surface area (TPSA) is 128 Å². The molecule has 4 heterocycles. The zero-order valence-electron chi connectivity index (χ0n) is 21.2. The van der Waals surface area contributed by atoms with Gasteiger partial charge in [0, 0.05) is 24.5 Å². The van der Waals surface area contributed by atoms with E-state index in [1.54, 1.807) is 12.4 Å². The summed E-state index contributed by atoms with van der Waals surface area (Å²) in [5.41, 5.74) is 4.51. The lowest BCUT2D eigenvalue weighted by Gasteiger charge is -2.32. The van der Waals surface area contributed by atoms with E-state index in [9.17, 15) is 10.4 Å². The lowest BCUT2D eigenvalue weighted by molar-refractivity contribution is -0.0112. The smallest absolute Gasteiger partial charge is 0.237 e. The van der Waals surface area contributed by atoms with Crippen LogP contribution in [0, 0.1) is 18.3 Å². The molecule has 37 heavy (non-hydrogen) atoms. The Kier molecular flexibility index (Phi) is 7.22. The van der Waals surface area contributed by atoms with Crippen LogP contribution in [0.2, 0.25) is 0 Å². The number of aliphatic hydroxyl groups excluding tert-OH is 1. The molecule has 10 nitrogen and oxygen atoms in total. The van der Waals surface area contributed by atoms with Crippen molar-refractivity contribution in [3.05, 3.63) is 47.8 Å². The molecule has 2 atom stereocenters. The van der Waals surface area contributed by atoms with Crippen LogP contribution in [0.4, 0.5) is 17.3 Å². The van der Waals surface area contributed by atoms with Crippen LogP contribution in [0.25, 0.3) is 11.3 Å². The molecule has 5 rings (SSSR count). The number of aryl methyl sites for hydroxylation is 1. The van der Waals surface area contributed by atoms with Crippen molar-refractivity contribution in [2.75, 3.05) is 63.3 Å². The summed E-state index contributed by atoms with van der Waals surface area (Å²) in [6, 6.07) is 10.1. The minimum Gasteiger partial charge on any atom is -0.474 e. The zero-order valence-corrected chi connectivity index (χ0v) is 22.1. The molecule has 0 radical (unpaired) electrons. The molecule has 0 spiro atoms. The van der Waals surface area contributed by atoms with Gasteiger partial charge in [0.1, 0.15) is 30.0 Å². The summed E-state index contributed by atoms with van der Waals surface area (Å²) in [7, 11) is 0.281. The maximum Gasteiger partial charge on any atom is 0.237 e. The van der Waals surface area contributed by atoms with E-state index >= 15 is 0 Å². The molecule has 2 aliphatic rings. The Labute approximate surface area is 217 Å². The van der Waals surface area contributed by atoms with E-state index in [0.717, 1.165) is 35.3 Å². The monoisotopic (exact) mass is 520 g/mol. The van der Waals surface area contributed by atoms with Crippen molar-refractivity contribution in [3.8, 4) is 23.2 Å². The lowest BCUT2D eigenvalue weighted by Crippen LogP contribution is -2.46. The van der Waals surface area contributed by atoms with Crippen LogP contribution in [0.3, 0.4) is 0 Å². The number of morpholine rings is 1. The highest BCUT2D eigenvalue weighted by atomic mass is 31.2. The van der Waals surface area contributed by atoms with Crippen LogP contribution in [-0.4, -0.2) is 83.7 Å². The minimum atomic E-state index is -1.78. The second-order valence-electron chi connectivity index (χ2n) is 9.68. The van der Waals surface area contributed by atoms with Gasteiger partial charge in [0.15, 0.2) is 6.35 Å². The third-order valence-corrected chi connectivity index (χ3v) is 9.85. The molecular formula is C26H31N7O3P+. The Balaban J connectivity index is 1.41. The van der Waals surface area contributed by atoms with E-state index in [1.165, 1.54) is 0 Å². The molecule has 1 aromatic carbocycles. The number of nitriles is 1. The van der Waals surface area contributed by atoms with Gasteiger partial charge < -0.3 is 25.2 Å². The van der Waals surface area contributed by atoms with Crippen molar-refractivity contribution in [3.63, 3.8) is 0 Å². The van der Waals surface area contributed by atoms with Gasteiger partial charge in [0.25, 0.3) is 0 Å². The van der Waals surface area contributed by atoms with Gasteiger partial charge >= 0.3 is 0 Å². The highest BCUT2D eigenvalue weighted by Crippen LogP contribution is 2.58. The summed E-state index contributed by atoms with van der Waals surface area (Å²) in [6.45, 7) is 6.73. The Morgan fingerprint density at radius 1 is 1.35 bits per heavy atom. The molecule has 2 aromatic heterocycles. The largest absolute Gasteiger partial charge is 0.474 e. The fourth-order valence-electron chi connectivity index (χ4n) is 4.49. The Hall–Kier alpha value is -3.35. The van der Waals surface area contributed by atoms with Crippen LogP contribution in [0.1, 0.15) is 11.1 Å². The summed E-state index contributed by atoms with van der Waals surface area (Å²) in [5.74, 6) is 0.863. The van der Waals surface area contributed by atoms with E-state index in [2.05, 4.69) is 45.3 Å². The molecule has 11 heteroatoms. The number of aromatic nitrogens is 3. The van der Waals surface area contributed by atoms with Crippen LogP contribution in [-0.2, 0) is 4.74 Å². The summed E-state index contributed by atoms with van der Waals surface area (Å²) in [4.78, 5) is 15.9. The first-order chi connectivity index (χ1) is 17.9. The number of rotatable bonds is 7. The number of anilines is 3. The summed E-state index contributed by atoms with van der Waals surface area (Å²) in [5, 5.41) is 27.4. The average molecular weight is 521 g/mol. The molecule has 2 aliphatic heterocycles. The normalized spacial score (nSPS) is 21.1. The maximum atomic E-state index is 10.1. The van der Waals surface area contributed by atoms with Gasteiger partial charge in [-0.05, 0) is 43.8 Å². The van der Waals surface area contributed by atoms with Crippen LogP contribution < -0.4 is 20.7 Å². The van der Waals surface area contributed by atoms with E-state index in [0.29, 0.717) is 48.3 Å². The number of fused-ring (bicyclic) bond motifs is 1. The van der Waals surface area contributed by atoms with E-state index in [-0.39, 0.29) is 12.4 Å². The predicted octanol–water partition coefficient (Wildman–Crippen LogP) is 2.78. The Bertz CT molecular complexity index is 1350. The number of benzene rings is 1. The van der Waals surface area contributed by atoms with Crippen molar-refractivity contribution < 1.29 is 14.6 Å². The van der Waals surface area contributed by atoms with Crippen LogP contribution in [0.15, 0.2) is 36.7 Å². The second kappa shape index (κ2) is 10.6. The van der Waals surface area contributed by atoms with Crippen molar-refractivity contribution in [1.82, 2.24) is 19.9 Å². The number of ether oxygens (including phenoxy) is 2. The maximum absolute atomic E-state index is 10.1. The van der Waals surface area contributed by atoms with E-state index in [4.69, 9.17) is 14.5 Å². The Morgan fingerprint density at radius 2 is 2.22 bits per heavy atom. The number of likely N-dealkylation sites (N-methyl/N-ethyl adjacent to an activating group) is 1. The lowest BCUT2D eigenvalue weighted by atomic mass is 10.1. The average Bonchev–Trinajstić information content (AvgIpc) is 3.26. The quantitative estimate of drug-likeness (QED) is 0.400. The van der Waals surface area contributed by atoms with Gasteiger partial charge in [0.2, 0.25) is 11.8 Å². The summed E-state index contributed by atoms with van der Waals surface area (Å²) in [6.07, 6.45) is 4.21. The molecule has 3 N–H and O–H groups in total. The van der Waals surface area contributed by atoms with Gasteiger partial charge in [-0.2, -0.15) is 5.26 Å². The molecule has 0 aliphatic carbocycles. The third kappa shape index (κ3) is 5.22. The number of nitrogens with zero attached hydrogens (tertiary/aromatic N) is 5. The molecule has 1 fully saturated rings. The third-order valence-electron chi connectivity index (χ3n) is 6.86. The molecular weight excluding hydrogens is 489 g/mol. The highest BCUT2D eigenvalue weighted by molar-refractivity contribution is 7.83. The minimum absolute atomic E-state index is 0.0871. The fourth-order valence-corrected chi connectivity index (χ4v) is 6.61. The van der Waals surface area contributed by atoms with Crippen molar-refractivity contribution in [2.45, 2.75) is 13.0 Å². The van der Waals surface area contributed by atoms with Gasteiger partial charge in [-0.25, -0.2) is 15.0 Å². The molecule has 192 valence electrons. The number of hydrogen-bond acceptors (Lipinski definition) is 10. The molecule has 0 saturated carbocycles. The molecule has 2 unspecified atom stereocenters. The standard InChI is InChI=1S/C26H31N7O3P/c1-17-8-22(25(29-12-17)36-14-20-13-35-7-6-33(20)2)32-26-28-5-4-21(31-26)18-9-19(11-27)24-23(10-18)37(3,16-34)15-30-24/h4-5,8-10,12,20,30,34H,6-7,13-16H2,1-3H3,(H,28,31,32)/q+1. The second-order valence-corrected chi connectivity index (χ2v) is 13.6. The zero-order chi connectivity index (χ0) is 26.0. The first kappa shape index (κ1) is 25.3. The van der Waals surface area contributed by atoms with Gasteiger partial charge in [-0.1, -0.05) is 0 Å². The fraction of sp³-hybridized carbons (Fsp3) is 0.385. The van der Waals surface area contributed by atoms with Crippen LogP contribution in [0.5, 0.6) is 5.88 Å².